The zero-order chi connectivity index (χ0) is 22.7. The van der Waals surface area contributed by atoms with Gasteiger partial charge in [-0.2, -0.15) is 0 Å². The summed E-state index contributed by atoms with van der Waals surface area (Å²) in [4.78, 5) is 26.6. The molecule has 1 aliphatic carbocycles. The van der Waals surface area contributed by atoms with Crippen LogP contribution in [0.25, 0.3) is 17.2 Å². The molecule has 1 N–H and O–H groups in total. The number of carbonyl (C=O) groups is 1. The minimum absolute atomic E-state index is 0.00738. The number of fused-ring (bicyclic) bond motifs is 3. The Morgan fingerprint density at radius 3 is 2.44 bits per heavy atom. The molecular weight excluding hydrogens is 430 g/mol. The van der Waals surface area contributed by atoms with E-state index in [1.165, 1.54) is 17.2 Å². The molecule has 32 heavy (non-hydrogen) atoms. The quantitative estimate of drug-likeness (QED) is 0.304. The highest BCUT2D eigenvalue weighted by atomic mass is 35.5. The van der Waals surface area contributed by atoms with Crippen molar-refractivity contribution in [3.05, 3.63) is 98.3 Å². The molecule has 4 rings (SSSR count). The van der Waals surface area contributed by atoms with Crippen LogP contribution in [0.15, 0.2) is 60.7 Å². The van der Waals surface area contributed by atoms with E-state index in [-0.39, 0.29) is 29.9 Å². The van der Waals surface area contributed by atoms with Gasteiger partial charge in [-0.15, -0.1) is 0 Å². The number of aryl methyl sites for hydroxylation is 1. The molecule has 2 aromatic carbocycles. The number of nitro groups is 1. The van der Waals surface area contributed by atoms with Crippen LogP contribution >= 0.6 is 11.6 Å². The second-order valence-corrected chi connectivity index (χ2v) is 7.70. The largest absolute Gasteiger partial charge is 0.449 e. The summed E-state index contributed by atoms with van der Waals surface area (Å²) in [5.74, 6) is -0.00738. The van der Waals surface area contributed by atoms with Gasteiger partial charge in [0.1, 0.15) is 6.61 Å². The Labute approximate surface area is 189 Å². The van der Waals surface area contributed by atoms with E-state index in [4.69, 9.17) is 16.3 Å². The second-order valence-electron chi connectivity index (χ2n) is 7.34. The first-order valence-electron chi connectivity index (χ1n) is 10.0. The molecule has 1 aliphatic rings. The molecule has 1 amide bonds. The number of nitrogens with zero attached hydrogens (tertiary/aromatic N) is 2. The second kappa shape index (κ2) is 9.20. The van der Waals surface area contributed by atoms with Crippen molar-refractivity contribution >= 4 is 29.5 Å². The van der Waals surface area contributed by atoms with Crippen molar-refractivity contribution in [1.29, 1.82) is 0 Å². The molecule has 1 aromatic heterocycles. The first-order valence-corrected chi connectivity index (χ1v) is 10.4. The van der Waals surface area contributed by atoms with Gasteiger partial charge in [0, 0.05) is 29.8 Å². The standard InChI is InChI=1S/C24H20ClN3O4/c1-15-16(13-22(28(30)31)23(25)27-15)7-6-12-26-24(29)32-14-21-19-10-4-2-8-17(19)18-9-3-5-11-20(18)21/h2-11,13,21H,12,14H2,1H3,(H,26,29). The summed E-state index contributed by atoms with van der Waals surface area (Å²) in [5, 5.41) is 13.5. The molecule has 1 heterocycles. The Morgan fingerprint density at radius 1 is 1.19 bits per heavy atom. The number of ether oxygens (including phenoxy) is 1. The Balaban J connectivity index is 1.35. The number of aromatic nitrogens is 1. The number of benzene rings is 2. The minimum atomic E-state index is -0.582. The summed E-state index contributed by atoms with van der Waals surface area (Å²) in [7, 11) is 0. The highest BCUT2D eigenvalue weighted by molar-refractivity contribution is 6.31. The van der Waals surface area contributed by atoms with Crippen LogP contribution < -0.4 is 5.32 Å². The lowest BCUT2D eigenvalue weighted by Crippen LogP contribution is -2.26. The third kappa shape index (κ3) is 4.33. The highest BCUT2D eigenvalue weighted by Gasteiger charge is 2.28. The van der Waals surface area contributed by atoms with Crippen molar-refractivity contribution in [2.24, 2.45) is 0 Å². The van der Waals surface area contributed by atoms with E-state index >= 15 is 0 Å². The van der Waals surface area contributed by atoms with Crippen molar-refractivity contribution in [3.63, 3.8) is 0 Å². The molecule has 0 saturated carbocycles. The summed E-state index contributed by atoms with van der Waals surface area (Å²) in [6.45, 7) is 2.14. The van der Waals surface area contributed by atoms with Crippen molar-refractivity contribution < 1.29 is 14.5 Å². The number of nitrogens with one attached hydrogen (secondary N) is 1. The minimum Gasteiger partial charge on any atom is -0.449 e. The van der Waals surface area contributed by atoms with E-state index in [1.54, 1.807) is 19.1 Å². The molecule has 0 saturated heterocycles. The number of hydrogen-bond donors (Lipinski definition) is 1. The van der Waals surface area contributed by atoms with Crippen LogP contribution in [0.2, 0.25) is 5.15 Å². The topological polar surface area (TPSA) is 94.4 Å². The van der Waals surface area contributed by atoms with Gasteiger partial charge in [0.15, 0.2) is 0 Å². The zero-order valence-electron chi connectivity index (χ0n) is 17.2. The molecule has 0 radical (unpaired) electrons. The van der Waals surface area contributed by atoms with Gasteiger partial charge in [0.2, 0.25) is 5.15 Å². The SMILES string of the molecule is Cc1nc(Cl)c([N+](=O)[O-])cc1C=CCNC(=O)OCC1c2ccccc2-c2ccccc21. The molecule has 0 unspecified atom stereocenters. The van der Waals surface area contributed by atoms with Crippen LogP contribution in [0.5, 0.6) is 0 Å². The van der Waals surface area contributed by atoms with Gasteiger partial charge in [-0.25, -0.2) is 9.78 Å². The molecule has 3 aromatic rings. The van der Waals surface area contributed by atoms with Crippen molar-refractivity contribution in [2.45, 2.75) is 12.8 Å². The Kier molecular flexibility index (Phi) is 6.18. The number of pyridine rings is 1. The summed E-state index contributed by atoms with van der Waals surface area (Å²) < 4.78 is 5.48. The van der Waals surface area contributed by atoms with Crippen molar-refractivity contribution in [3.8, 4) is 11.1 Å². The molecule has 0 spiro atoms. The third-order valence-corrected chi connectivity index (χ3v) is 5.67. The van der Waals surface area contributed by atoms with Crippen LogP contribution in [0.4, 0.5) is 10.5 Å². The fourth-order valence-electron chi connectivity index (χ4n) is 3.85. The number of carbonyl (C=O) groups excluding carboxylic acids is 1. The van der Waals surface area contributed by atoms with Crippen LogP contribution in [-0.4, -0.2) is 29.2 Å². The monoisotopic (exact) mass is 449 g/mol. The summed E-state index contributed by atoms with van der Waals surface area (Å²) in [6, 6.07) is 17.6. The Hall–Kier alpha value is -3.71. The van der Waals surface area contributed by atoms with Gasteiger partial charge < -0.3 is 10.1 Å². The fraction of sp³-hybridized carbons (Fsp3) is 0.167. The third-order valence-electron chi connectivity index (χ3n) is 5.39. The van der Waals surface area contributed by atoms with Gasteiger partial charge in [0.05, 0.1) is 4.92 Å². The average molecular weight is 450 g/mol. The summed E-state index contributed by atoms with van der Waals surface area (Å²) >= 11 is 5.80. The molecular formula is C24H20ClN3O4. The lowest BCUT2D eigenvalue weighted by atomic mass is 9.98. The lowest BCUT2D eigenvalue weighted by molar-refractivity contribution is -0.385. The Morgan fingerprint density at radius 2 is 1.81 bits per heavy atom. The average Bonchev–Trinajstić information content (AvgIpc) is 3.10. The zero-order valence-corrected chi connectivity index (χ0v) is 18.0. The maximum absolute atomic E-state index is 12.2. The predicted octanol–water partition coefficient (Wildman–Crippen LogP) is 5.50. The normalized spacial score (nSPS) is 12.4. The predicted molar refractivity (Wildman–Crippen MR) is 123 cm³/mol. The number of halogens is 1. The van der Waals surface area contributed by atoms with Gasteiger partial charge in [-0.05, 0) is 29.2 Å². The number of amides is 1. The van der Waals surface area contributed by atoms with E-state index in [2.05, 4.69) is 34.6 Å². The molecule has 0 aliphatic heterocycles. The van der Waals surface area contributed by atoms with E-state index in [9.17, 15) is 14.9 Å². The van der Waals surface area contributed by atoms with Crippen LogP contribution in [0.1, 0.15) is 28.3 Å². The van der Waals surface area contributed by atoms with Crippen LogP contribution in [0, 0.1) is 17.0 Å². The smallest absolute Gasteiger partial charge is 0.407 e. The van der Waals surface area contributed by atoms with Gasteiger partial charge >= 0.3 is 11.8 Å². The number of rotatable bonds is 6. The van der Waals surface area contributed by atoms with E-state index in [0.29, 0.717) is 11.3 Å². The van der Waals surface area contributed by atoms with Crippen LogP contribution in [-0.2, 0) is 4.74 Å². The van der Waals surface area contributed by atoms with Gasteiger partial charge in [-0.1, -0.05) is 72.3 Å². The fourth-order valence-corrected chi connectivity index (χ4v) is 4.11. The molecule has 162 valence electrons. The number of alkyl carbamates (subject to hydrolysis) is 1. The molecule has 0 fully saturated rings. The molecule has 8 heteroatoms. The lowest BCUT2D eigenvalue weighted by Gasteiger charge is -2.14. The van der Waals surface area contributed by atoms with Crippen LogP contribution in [0.3, 0.4) is 0 Å². The Bertz CT molecular complexity index is 1180. The van der Waals surface area contributed by atoms with Gasteiger partial charge in [0.25, 0.3) is 0 Å². The molecule has 0 bridgehead atoms. The summed E-state index contributed by atoms with van der Waals surface area (Å²) in [6.07, 6.45) is 2.78. The van der Waals surface area contributed by atoms with Gasteiger partial charge in [-0.3, -0.25) is 10.1 Å². The molecule has 7 nitrogen and oxygen atoms in total. The molecule has 0 atom stereocenters. The van der Waals surface area contributed by atoms with E-state index in [1.807, 2.05) is 24.3 Å². The summed E-state index contributed by atoms with van der Waals surface area (Å²) in [5.41, 5.74) is 5.47. The maximum atomic E-state index is 12.2. The first kappa shape index (κ1) is 21.5. The first-order chi connectivity index (χ1) is 15.5. The highest BCUT2D eigenvalue weighted by Crippen LogP contribution is 2.44. The number of hydrogen-bond acceptors (Lipinski definition) is 5. The van der Waals surface area contributed by atoms with E-state index in [0.717, 1.165) is 11.1 Å². The van der Waals surface area contributed by atoms with Crippen molar-refractivity contribution in [2.75, 3.05) is 13.2 Å². The maximum Gasteiger partial charge on any atom is 0.407 e. The van der Waals surface area contributed by atoms with E-state index < -0.39 is 11.0 Å². The van der Waals surface area contributed by atoms with Crippen molar-refractivity contribution in [1.82, 2.24) is 10.3 Å².